The molecule has 2 aromatic carbocycles. The normalized spacial score (nSPS) is 13.1. The summed E-state index contributed by atoms with van der Waals surface area (Å²) in [6.07, 6.45) is 1.89. The van der Waals surface area contributed by atoms with Crippen LogP contribution in [0.3, 0.4) is 0 Å². The molecule has 0 bridgehead atoms. The van der Waals surface area contributed by atoms with Gasteiger partial charge in [-0.3, -0.25) is 4.79 Å². The Morgan fingerprint density at radius 2 is 1.95 bits per heavy atom. The summed E-state index contributed by atoms with van der Waals surface area (Å²) in [7, 11) is 0. The zero-order valence-corrected chi connectivity index (χ0v) is 12.8. The van der Waals surface area contributed by atoms with Gasteiger partial charge in [-0.15, -0.1) is 0 Å². The van der Waals surface area contributed by atoms with Crippen molar-refractivity contribution in [2.24, 2.45) is 0 Å². The fourth-order valence-electron chi connectivity index (χ4n) is 2.43. The van der Waals surface area contributed by atoms with Gasteiger partial charge >= 0.3 is 0 Å². The standard InChI is InChI=1S/C19H19NO2/c1-13(2)14-7-5-8-17(11-14)20-19(21)16-10-15-6-3-4-9-18(15)22-12-16/h3-11,13H,12H2,1-2H3,(H,20,21). The van der Waals surface area contributed by atoms with Crippen LogP contribution in [0.4, 0.5) is 5.69 Å². The molecule has 3 heteroatoms. The van der Waals surface area contributed by atoms with E-state index in [0.29, 0.717) is 18.1 Å². The van der Waals surface area contributed by atoms with Gasteiger partial charge in [-0.1, -0.05) is 44.2 Å². The van der Waals surface area contributed by atoms with E-state index >= 15 is 0 Å². The second kappa shape index (κ2) is 6.06. The molecule has 1 aliphatic heterocycles. The summed E-state index contributed by atoms with van der Waals surface area (Å²) in [5.74, 6) is 1.14. The van der Waals surface area contributed by atoms with Gasteiger partial charge in [-0.25, -0.2) is 0 Å². The Labute approximate surface area is 130 Å². The number of carbonyl (C=O) groups is 1. The average Bonchev–Trinajstić information content (AvgIpc) is 2.54. The highest BCUT2D eigenvalue weighted by Crippen LogP contribution is 2.26. The molecule has 0 saturated heterocycles. The van der Waals surface area contributed by atoms with Crippen molar-refractivity contribution < 1.29 is 9.53 Å². The highest BCUT2D eigenvalue weighted by Gasteiger charge is 2.17. The third kappa shape index (κ3) is 3.03. The number of anilines is 1. The van der Waals surface area contributed by atoms with Gasteiger partial charge in [-0.05, 0) is 35.8 Å². The molecule has 0 atom stereocenters. The van der Waals surface area contributed by atoms with Gasteiger partial charge < -0.3 is 10.1 Å². The van der Waals surface area contributed by atoms with Crippen molar-refractivity contribution in [1.82, 2.24) is 0 Å². The first-order chi connectivity index (χ1) is 10.6. The molecular formula is C19H19NO2. The van der Waals surface area contributed by atoms with Crippen molar-refractivity contribution in [2.45, 2.75) is 19.8 Å². The predicted molar refractivity (Wildman–Crippen MR) is 89.1 cm³/mol. The van der Waals surface area contributed by atoms with Crippen LogP contribution in [-0.4, -0.2) is 12.5 Å². The van der Waals surface area contributed by atoms with Crippen LogP contribution in [0.15, 0.2) is 54.1 Å². The van der Waals surface area contributed by atoms with Crippen LogP contribution >= 0.6 is 0 Å². The van der Waals surface area contributed by atoms with Crippen LogP contribution in [0.2, 0.25) is 0 Å². The van der Waals surface area contributed by atoms with Gasteiger partial charge in [0, 0.05) is 11.3 Å². The minimum absolute atomic E-state index is 0.115. The van der Waals surface area contributed by atoms with Gasteiger partial charge in [0.1, 0.15) is 12.4 Å². The Bertz CT molecular complexity index is 732. The molecule has 1 amide bonds. The lowest BCUT2D eigenvalue weighted by atomic mass is 10.0. The van der Waals surface area contributed by atoms with Crippen LogP contribution < -0.4 is 10.1 Å². The van der Waals surface area contributed by atoms with Crippen molar-refractivity contribution in [2.75, 3.05) is 11.9 Å². The van der Waals surface area contributed by atoms with Gasteiger partial charge in [-0.2, -0.15) is 0 Å². The van der Waals surface area contributed by atoms with E-state index in [1.807, 2.05) is 48.5 Å². The fourth-order valence-corrected chi connectivity index (χ4v) is 2.43. The number of rotatable bonds is 3. The van der Waals surface area contributed by atoms with E-state index in [2.05, 4.69) is 25.2 Å². The largest absolute Gasteiger partial charge is 0.488 e. The second-order valence-corrected chi connectivity index (χ2v) is 5.73. The number of nitrogens with one attached hydrogen (secondary N) is 1. The maximum absolute atomic E-state index is 12.4. The number of amides is 1. The number of para-hydroxylation sites is 1. The van der Waals surface area contributed by atoms with Crippen LogP contribution in [-0.2, 0) is 4.79 Å². The van der Waals surface area contributed by atoms with Crippen molar-refractivity contribution in [3.05, 3.63) is 65.2 Å². The number of hydrogen-bond acceptors (Lipinski definition) is 2. The molecule has 1 aliphatic rings. The molecule has 112 valence electrons. The van der Waals surface area contributed by atoms with E-state index in [1.165, 1.54) is 5.56 Å². The summed E-state index contributed by atoms with van der Waals surface area (Å²) in [4.78, 5) is 12.4. The summed E-state index contributed by atoms with van der Waals surface area (Å²) in [6, 6.07) is 15.7. The molecule has 3 nitrogen and oxygen atoms in total. The molecule has 1 N–H and O–H groups in total. The smallest absolute Gasteiger partial charge is 0.255 e. The zero-order chi connectivity index (χ0) is 15.5. The van der Waals surface area contributed by atoms with Gasteiger partial charge in [0.25, 0.3) is 5.91 Å². The number of hydrogen-bond donors (Lipinski definition) is 1. The summed E-state index contributed by atoms with van der Waals surface area (Å²) < 4.78 is 5.63. The highest BCUT2D eigenvalue weighted by molar-refractivity contribution is 6.07. The molecule has 0 radical (unpaired) electrons. The first-order valence-corrected chi connectivity index (χ1v) is 7.47. The molecule has 0 unspecified atom stereocenters. The van der Waals surface area contributed by atoms with Crippen molar-refractivity contribution in [3.8, 4) is 5.75 Å². The number of fused-ring (bicyclic) bond motifs is 1. The molecule has 2 aromatic rings. The third-order valence-electron chi connectivity index (χ3n) is 3.73. The van der Waals surface area contributed by atoms with Crippen molar-refractivity contribution in [3.63, 3.8) is 0 Å². The molecule has 3 rings (SSSR count). The van der Waals surface area contributed by atoms with Gasteiger partial charge in [0.05, 0.1) is 5.57 Å². The first-order valence-electron chi connectivity index (χ1n) is 7.47. The SMILES string of the molecule is CC(C)c1cccc(NC(=O)C2=Cc3ccccc3OC2)c1. The van der Waals surface area contributed by atoms with E-state index in [9.17, 15) is 4.79 Å². The van der Waals surface area contributed by atoms with Gasteiger partial charge in [0.15, 0.2) is 0 Å². The maximum atomic E-state index is 12.4. The minimum Gasteiger partial charge on any atom is -0.488 e. The molecule has 0 aromatic heterocycles. The lowest BCUT2D eigenvalue weighted by Gasteiger charge is -2.17. The number of benzene rings is 2. The highest BCUT2D eigenvalue weighted by atomic mass is 16.5. The Morgan fingerprint density at radius 1 is 1.14 bits per heavy atom. The molecule has 0 fully saturated rings. The topological polar surface area (TPSA) is 38.3 Å². The summed E-state index contributed by atoms with van der Waals surface area (Å²) in [5, 5.41) is 2.95. The van der Waals surface area contributed by atoms with E-state index in [0.717, 1.165) is 17.0 Å². The Kier molecular flexibility index (Phi) is 3.96. The Morgan fingerprint density at radius 3 is 2.77 bits per heavy atom. The van der Waals surface area contributed by atoms with E-state index in [4.69, 9.17) is 4.74 Å². The molecule has 1 heterocycles. The maximum Gasteiger partial charge on any atom is 0.255 e. The second-order valence-electron chi connectivity index (χ2n) is 5.73. The number of ether oxygens (including phenoxy) is 1. The molecule has 0 spiro atoms. The third-order valence-corrected chi connectivity index (χ3v) is 3.73. The predicted octanol–water partition coefficient (Wildman–Crippen LogP) is 4.22. The summed E-state index contributed by atoms with van der Waals surface area (Å²) >= 11 is 0. The number of carbonyl (C=O) groups excluding carboxylic acids is 1. The van der Waals surface area contributed by atoms with Crippen LogP contribution in [0, 0.1) is 0 Å². The molecule has 22 heavy (non-hydrogen) atoms. The Hall–Kier alpha value is -2.55. The van der Waals surface area contributed by atoms with E-state index in [1.54, 1.807) is 0 Å². The van der Waals surface area contributed by atoms with Crippen LogP contribution in [0.25, 0.3) is 6.08 Å². The molecular weight excluding hydrogens is 274 g/mol. The summed E-state index contributed by atoms with van der Waals surface area (Å²) in [6.45, 7) is 4.57. The van der Waals surface area contributed by atoms with E-state index < -0.39 is 0 Å². The van der Waals surface area contributed by atoms with E-state index in [-0.39, 0.29) is 5.91 Å². The lowest BCUT2D eigenvalue weighted by Crippen LogP contribution is -2.21. The first kappa shape index (κ1) is 14.4. The summed E-state index contributed by atoms with van der Waals surface area (Å²) in [5.41, 5.74) is 3.59. The molecule has 0 saturated carbocycles. The van der Waals surface area contributed by atoms with Crippen molar-refractivity contribution >= 4 is 17.7 Å². The minimum atomic E-state index is -0.115. The lowest BCUT2D eigenvalue weighted by molar-refractivity contribution is -0.113. The van der Waals surface area contributed by atoms with Crippen LogP contribution in [0.1, 0.15) is 30.9 Å². The fraction of sp³-hybridized carbons (Fsp3) is 0.211. The monoisotopic (exact) mass is 293 g/mol. The molecule has 0 aliphatic carbocycles. The van der Waals surface area contributed by atoms with Crippen LogP contribution in [0.5, 0.6) is 5.75 Å². The average molecular weight is 293 g/mol. The van der Waals surface area contributed by atoms with Crippen molar-refractivity contribution in [1.29, 1.82) is 0 Å². The Balaban J connectivity index is 1.78. The zero-order valence-electron chi connectivity index (χ0n) is 12.8. The quantitative estimate of drug-likeness (QED) is 0.920. The van der Waals surface area contributed by atoms with Gasteiger partial charge in [0.2, 0.25) is 0 Å².